The van der Waals surface area contributed by atoms with Crippen LogP contribution in [0, 0.1) is 6.92 Å². The van der Waals surface area contributed by atoms with Crippen LogP contribution >= 0.6 is 0 Å². The number of anilines is 1. The van der Waals surface area contributed by atoms with Crippen molar-refractivity contribution in [2.75, 3.05) is 5.73 Å². The number of nitrogens with zero attached hydrogens (tertiary/aromatic N) is 4. The Labute approximate surface area is 138 Å². The minimum absolute atomic E-state index is 0.248. The Bertz CT molecular complexity index is 1050. The third-order valence-electron chi connectivity index (χ3n) is 4.05. The van der Waals surface area contributed by atoms with E-state index in [-0.39, 0.29) is 5.91 Å². The maximum atomic E-state index is 12.9. The molecule has 2 aromatic carbocycles. The van der Waals surface area contributed by atoms with Gasteiger partial charge in [-0.2, -0.15) is 9.78 Å². The largest absolute Gasteiger partial charge is 0.382 e. The summed E-state index contributed by atoms with van der Waals surface area (Å²) in [4.78, 5) is 12.9. The topological polar surface area (TPSA) is 78.7 Å². The third-order valence-corrected chi connectivity index (χ3v) is 4.05. The lowest BCUT2D eigenvalue weighted by atomic mass is 10.2. The lowest BCUT2D eigenvalue weighted by molar-refractivity contribution is 0.0950. The zero-order chi connectivity index (χ0) is 16.7. The van der Waals surface area contributed by atoms with Crippen LogP contribution in [0.5, 0.6) is 0 Å². The van der Waals surface area contributed by atoms with Gasteiger partial charge in [-0.3, -0.25) is 4.79 Å². The minimum Gasteiger partial charge on any atom is -0.382 e. The second-order valence-corrected chi connectivity index (χ2v) is 5.51. The Morgan fingerprint density at radius 3 is 2.54 bits per heavy atom. The molecule has 2 N–H and O–H groups in total. The number of fused-ring (bicyclic) bond motifs is 1. The molecule has 6 nitrogen and oxygen atoms in total. The Kier molecular flexibility index (Phi) is 3.16. The summed E-state index contributed by atoms with van der Waals surface area (Å²) >= 11 is 0. The van der Waals surface area contributed by atoms with Crippen LogP contribution in [0.1, 0.15) is 16.1 Å². The maximum Gasteiger partial charge on any atom is 0.282 e. The monoisotopic (exact) mass is 317 g/mol. The fraction of sp³-hybridized carbons (Fsp3) is 0.0556. The van der Waals surface area contributed by atoms with E-state index in [0.29, 0.717) is 16.9 Å². The summed E-state index contributed by atoms with van der Waals surface area (Å²) in [5.41, 5.74) is 8.76. The first-order valence-corrected chi connectivity index (χ1v) is 7.55. The highest BCUT2D eigenvalue weighted by atomic mass is 16.2. The van der Waals surface area contributed by atoms with E-state index in [1.807, 2.05) is 61.5 Å². The fourth-order valence-corrected chi connectivity index (χ4v) is 2.81. The number of aromatic nitrogens is 4. The van der Waals surface area contributed by atoms with Crippen molar-refractivity contribution in [1.29, 1.82) is 0 Å². The Balaban J connectivity index is 1.82. The highest BCUT2D eigenvalue weighted by Crippen LogP contribution is 2.22. The van der Waals surface area contributed by atoms with Crippen molar-refractivity contribution in [2.45, 2.75) is 6.92 Å². The van der Waals surface area contributed by atoms with E-state index in [0.717, 1.165) is 16.8 Å². The smallest absolute Gasteiger partial charge is 0.282 e. The predicted molar refractivity (Wildman–Crippen MR) is 92.2 cm³/mol. The molecule has 4 rings (SSSR count). The van der Waals surface area contributed by atoms with E-state index in [4.69, 9.17) is 5.73 Å². The number of benzene rings is 2. The van der Waals surface area contributed by atoms with Gasteiger partial charge in [-0.25, -0.2) is 4.68 Å². The Hall–Kier alpha value is -3.41. The molecule has 0 spiro atoms. The highest BCUT2D eigenvalue weighted by Gasteiger charge is 2.20. The van der Waals surface area contributed by atoms with Crippen LogP contribution in [0.25, 0.3) is 16.6 Å². The molecule has 0 saturated carbocycles. The molecule has 6 heteroatoms. The van der Waals surface area contributed by atoms with Gasteiger partial charge in [0.25, 0.3) is 5.91 Å². The molecule has 0 radical (unpaired) electrons. The molecule has 2 aromatic heterocycles. The highest BCUT2D eigenvalue weighted by molar-refractivity contribution is 6.03. The van der Waals surface area contributed by atoms with Crippen molar-refractivity contribution >= 4 is 22.6 Å². The zero-order valence-corrected chi connectivity index (χ0v) is 13.0. The van der Waals surface area contributed by atoms with Crippen LogP contribution in [0.2, 0.25) is 0 Å². The first kappa shape index (κ1) is 14.2. The summed E-state index contributed by atoms with van der Waals surface area (Å²) in [6.07, 6.45) is 1.57. The average Bonchev–Trinajstić information content (AvgIpc) is 3.16. The normalized spacial score (nSPS) is 11.0. The van der Waals surface area contributed by atoms with Gasteiger partial charge in [-0.05, 0) is 31.2 Å². The summed E-state index contributed by atoms with van der Waals surface area (Å²) in [6, 6.07) is 17.1. The van der Waals surface area contributed by atoms with E-state index >= 15 is 0 Å². The van der Waals surface area contributed by atoms with Gasteiger partial charge in [0.05, 0.1) is 28.7 Å². The van der Waals surface area contributed by atoms with Crippen molar-refractivity contribution in [1.82, 2.24) is 19.6 Å². The second kappa shape index (κ2) is 5.34. The molecular formula is C18H15N5O. The molecule has 0 aliphatic heterocycles. The van der Waals surface area contributed by atoms with Crippen LogP contribution in [0.4, 0.5) is 5.82 Å². The lowest BCUT2D eigenvalue weighted by Gasteiger charge is -2.05. The predicted octanol–water partition coefficient (Wildman–Crippen LogP) is 2.80. The number of para-hydroxylation sites is 2. The number of hydrogen-bond donors (Lipinski definition) is 1. The maximum absolute atomic E-state index is 12.9. The van der Waals surface area contributed by atoms with E-state index in [9.17, 15) is 4.79 Å². The number of nitrogen functional groups attached to an aromatic ring is 1. The first-order valence-electron chi connectivity index (χ1n) is 7.55. The molecule has 0 amide bonds. The molecule has 0 aliphatic carbocycles. The van der Waals surface area contributed by atoms with E-state index in [1.54, 1.807) is 10.9 Å². The van der Waals surface area contributed by atoms with E-state index < -0.39 is 0 Å². The van der Waals surface area contributed by atoms with Gasteiger partial charge in [0.15, 0.2) is 5.82 Å². The average molecular weight is 317 g/mol. The summed E-state index contributed by atoms with van der Waals surface area (Å²) in [6.45, 7) is 1.86. The Morgan fingerprint density at radius 1 is 1.04 bits per heavy atom. The minimum atomic E-state index is -0.248. The molecule has 0 fully saturated rings. The molecular weight excluding hydrogens is 302 g/mol. The number of nitrogens with two attached hydrogens (primary N) is 1. The van der Waals surface area contributed by atoms with Crippen LogP contribution in [-0.2, 0) is 0 Å². The van der Waals surface area contributed by atoms with Crippen LogP contribution in [-0.4, -0.2) is 25.5 Å². The first-order chi connectivity index (χ1) is 11.7. The number of carbonyl (C=O) groups is 1. The standard InChI is InChI=1S/C18H15N5O/c1-12-15(11-20-22(12)13-7-3-2-4-8-13)18(24)23-16-10-6-5-9-14(16)17(19)21-23/h2-11H,1H3,(H2,19,21). The molecule has 0 aliphatic rings. The number of carbonyl (C=O) groups excluding carboxylic acids is 1. The molecule has 0 bridgehead atoms. The quantitative estimate of drug-likeness (QED) is 0.616. The molecule has 0 saturated heterocycles. The van der Waals surface area contributed by atoms with Crippen molar-refractivity contribution < 1.29 is 4.79 Å². The van der Waals surface area contributed by atoms with Crippen molar-refractivity contribution in [3.63, 3.8) is 0 Å². The molecule has 0 atom stereocenters. The molecule has 24 heavy (non-hydrogen) atoms. The van der Waals surface area contributed by atoms with Crippen LogP contribution < -0.4 is 5.73 Å². The van der Waals surface area contributed by atoms with Gasteiger partial charge in [-0.1, -0.05) is 30.3 Å². The SMILES string of the molecule is Cc1c(C(=O)n2nc(N)c3ccccc32)cnn1-c1ccccc1. The fourth-order valence-electron chi connectivity index (χ4n) is 2.81. The molecule has 118 valence electrons. The van der Waals surface area contributed by atoms with Crippen LogP contribution in [0.15, 0.2) is 60.8 Å². The number of hydrogen-bond acceptors (Lipinski definition) is 4. The van der Waals surface area contributed by atoms with Crippen molar-refractivity contribution in [3.8, 4) is 5.69 Å². The van der Waals surface area contributed by atoms with Gasteiger partial charge in [0.2, 0.25) is 0 Å². The third kappa shape index (κ3) is 2.08. The van der Waals surface area contributed by atoms with Crippen molar-refractivity contribution in [2.24, 2.45) is 0 Å². The molecule has 2 heterocycles. The summed E-state index contributed by atoms with van der Waals surface area (Å²) in [7, 11) is 0. The van der Waals surface area contributed by atoms with Gasteiger partial charge in [0.1, 0.15) is 0 Å². The molecule has 0 unspecified atom stereocenters. The number of rotatable bonds is 2. The summed E-state index contributed by atoms with van der Waals surface area (Å²) < 4.78 is 3.08. The van der Waals surface area contributed by atoms with Gasteiger partial charge in [-0.15, -0.1) is 5.10 Å². The van der Waals surface area contributed by atoms with Gasteiger partial charge >= 0.3 is 0 Å². The van der Waals surface area contributed by atoms with E-state index in [2.05, 4.69) is 10.2 Å². The molecule has 4 aromatic rings. The summed E-state index contributed by atoms with van der Waals surface area (Å²) in [5, 5.41) is 9.30. The van der Waals surface area contributed by atoms with Gasteiger partial charge in [0, 0.05) is 5.39 Å². The zero-order valence-electron chi connectivity index (χ0n) is 13.0. The summed E-state index contributed by atoms with van der Waals surface area (Å²) in [5.74, 6) is 0.0923. The Morgan fingerprint density at radius 2 is 1.75 bits per heavy atom. The van der Waals surface area contributed by atoms with Gasteiger partial charge < -0.3 is 5.73 Å². The van der Waals surface area contributed by atoms with E-state index in [1.165, 1.54) is 4.68 Å². The van der Waals surface area contributed by atoms with Crippen molar-refractivity contribution in [3.05, 3.63) is 72.1 Å². The van der Waals surface area contributed by atoms with Crippen LogP contribution in [0.3, 0.4) is 0 Å². The second-order valence-electron chi connectivity index (χ2n) is 5.51. The lowest BCUT2D eigenvalue weighted by Crippen LogP contribution is -2.15.